The Hall–Kier alpha value is -2.87. The molecule has 29 heavy (non-hydrogen) atoms. The Morgan fingerprint density at radius 3 is 2.93 bits per heavy atom. The van der Waals surface area contributed by atoms with Crippen LogP contribution in [-0.4, -0.2) is 41.4 Å². The first-order valence-corrected chi connectivity index (χ1v) is 10.4. The molecule has 8 heteroatoms. The van der Waals surface area contributed by atoms with E-state index in [0.29, 0.717) is 36.0 Å². The monoisotopic (exact) mass is 413 g/mol. The topological polar surface area (TPSA) is 80.8 Å². The highest BCUT2D eigenvalue weighted by Crippen LogP contribution is 2.40. The fourth-order valence-electron chi connectivity index (χ4n) is 3.76. The van der Waals surface area contributed by atoms with Gasteiger partial charge in [0.15, 0.2) is 10.9 Å². The van der Waals surface area contributed by atoms with Crippen molar-refractivity contribution in [3.8, 4) is 11.5 Å². The van der Waals surface area contributed by atoms with Gasteiger partial charge in [-0.05, 0) is 24.5 Å². The van der Waals surface area contributed by atoms with E-state index in [0.717, 1.165) is 16.9 Å². The highest BCUT2D eigenvalue weighted by Gasteiger charge is 2.42. The molecule has 0 saturated carbocycles. The zero-order valence-corrected chi connectivity index (χ0v) is 17.4. The maximum atomic E-state index is 13.2. The number of aromatic nitrogens is 1. The lowest BCUT2D eigenvalue weighted by molar-refractivity contribution is -0.135. The Bertz CT molecular complexity index is 968. The highest BCUT2D eigenvalue weighted by molar-refractivity contribution is 7.13. The standard InChI is InChI=1S/C21H23N3O4S/c1-12(2)9-15(19(25)23-21-22-7-8-29-21)24-11-13-10-14-16(27-3)5-4-6-17(14)28-18(13)20(24)26/h4-8,12,15H,9-11H2,1-3H3,(H,22,23,25)/t15-/m0/s1. The molecule has 2 aliphatic rings. The van der Waals surface area contributed by atoms with Crippen molar-refractivity contribution in [1.82, 2.24) is 9.88 Å². The number of carbonyl (C=O) groups is 2. The maximum Gasteiger partial charge on any atom is 0.290 e. The van der Waals surface area contributed by atoms with Crippen LogP contribution in [0.15, 0.2) is 41.1 Å². The highest BCUT2D eigenvalue weighted by atomic mass is 32.1. The first kappa shape index (κ1) is 19.4. The number of anilines is 1. The van der Waals surface area contributed by atoms with Crippen LogP contribution in [0, 0.1) is 5.92 Å². The number of rotatable bonds is 6. The number of fused-ring (bicyclic) bond motifs is 1. The van der Waals surface area contributed by atoms with Gasteiger partial charge in [-0.15, -0.1) is 11.3 Å². The summed E-state index contributed by atoms with van der Waals surface area (Å²) < 4.78 is 11.4. The molecule has 1 N–H and O–H groups in total. The second-order valence-corrected chi connectivity index (χ2v) is 8.45. The molecule has 3 heterocycles. The lowest BCUT2D eigenvalue weighted by atomic mass is 10.00. The zero-order valence-electron chi connectivity index (χ0n) is 16.6. The molecular weight excluding hydrogens is 390 g/mol. The third-order valence-corrected chi connectivity index (χ3v) is 5.77. The van der Waals surface area contributed by atoms with Gasteiger partial charge in [-0.25, -0.2) is 4.98 Å². The Kier molecular flexibility index (Phi) is 5.27. The third kappa shape index (κ3) is 3.72. The summed E-state index contributed by atoms with van der Waals surface area (Å²) in [6.07, 6.45) is 2.76. The number of hydrogen-bond donors (Lipinski definition) is 1. The summed E-state index contributed by atoms with van der Waals surface area (Å²) in [4.78, 5) is 31.9. The number of thiazole rings is 1. The van der Waals surface area contributed by atoms with Crippen molar-refractivity contribution in [3.63, 3.8) is 0 Å². The summed E-state index contributed by atoms with van der Waals surface area (Å²) in [5, 5.41) is 5.16. The van der Waals surface area contributed by atoms with Crippen LogP contribution in [0.3, 0.4) is 0 Å². The lowest BCUT2D eigenvalue weighted by Crippen LogP contribution is -2.46. The van der Waals surface area contributed by atoms with Gasteiger partial charge in [-0.3, -0.25) is 9.59 Å². The van der Waals surface area contributed by atoms with Gasteiger partial charge < -0.3 is 19.7 Å². The number of nitrogens with one attached hydrogen (secondary N) is 1. The fraction of sp³-hybridized carbons (Fsp3) is 0.381. The van der Waals surface area contributed by atoms with E-state index < -0.39 is 6.04 Å². The SMILES string of the molecule is COc1cccc2c1CC1=C(O2)C(=O)N([C@@H](CC(C)C)C(=O)Nc2nccs2)C1. The number of ether oxygens (including phenoxy) is 2. The van der Waals surface area contributed by atoms with Crippen LogP contribution in [0.4, 0.5) is 5.13 Å². The van der Waals surface area contributed by atoms with E-state index in [1.54, 1.807) is 23.6 Å². The zero-order chi connectivity index (χ0) is 20.5. The van der Waals surface area contributed by atoms with Crippen LogP contribution in [0.2, 0.25) is 0 Å². The molecule has 1 aromatic carbocycles. The molecule has 2 aromatic rings. The van der Waals surface area contributed by atoms with Gasteiger partial charge in [0.1, 0.15) is 17.5 Å². The Morgan fingerprint density at radius 2 is 2.24 bits per heavy atom. The molecule has 0 aliphatic carbocycles. The average molecular weight is 413 g/mol. The lowest BCUT2D eigenvalue weighted by Gasteiger charge is -2.28. The van der Waals surface area contributed by atoms with Crippen LogP contribution >= 0.6 is 11.3 Å². The summed E-state index contributed by atoms with van der Waals surface area (Å²) in [6, 6.07) is 4.96. The van der Waals surface area contributed by atoms with Crippen molar-refractivity contribution in [2.45, 2.75) is 32.7 Å². The molecule has 4 rings (SSSR count). The van der Waals surface area contributed by atoms with Gasteiger partial charge >= 0.3 is 0 Å². The first-order chi connectivity index (χ1) is 14.0. The molecular formula is C21H23N3O4S. The molecule has 0 unspecified atom stereocenters. The minimum Gasteiger partial charge on any atom is -0.496 e. The molecule has 0 radical (unpaired) electrons. The van der Waals surface area contributed by atoms with Gasteiger partial charge in [-0.1, -0.05) is 19.9 Å². The minimum absolute atomic E-state index is 0.225. The van der Waals surface area contributed by atoms with Crippen LogP contribution < -0.4 is 14.8 Å². The quantitative estimate of drug-likeness (QED) is 0.786. The third-order valence-electron chi connectivity index (χ3n) is 5.09. The number of carbonyl (C=O) groups excluding carboxylic acids is 2. The van der Waals surface area contributed by atoms with Crippen molar-refractivity contribution in [1.29, 1.82) is 0 Å². The van der Waals surface area contributed by atoms with E-state index in [1.165, 1.54) is 11.3 Å². The molecule has 1 atom stereocenters. The van der Waals surface area contributed by atoms with E-state index in [1.807, 2.05) is 32.0 Å². The van der Waals surface area contributed by atoms with Crippen molar-refractivity contribution in [3.05, 3.63) is 46.7 Å². The van der Waals surface area contributed by atoms with Crippen molar-refractivity contribution >= 4 is 28.3 Å². The fourth-order valence-corrected chi connectivity index (χ4v) is 4.29. The molecule has 2 aliphatic heterocycles. The van der Waals surface area contributed by atoms with Gasteiger partial charge in [0.25, 0.3) is 5.91 Å². The first-order valence-electron chi connectivity index (χ1n) is 9.55. The Morgan fingerprint density at radius 1 is 1.41 bits per heavy atom. The molecule has 0 saturated heterocycles. The van der Waals surface area contributed by atoms with E-state index >= 15 is 0 Å². The maximum absolute atomic E-state index is 13.2. The van der Waals surface area contributed by atoms with Crippen LogP contribution in [0.1, 0.15) is 25.8 Å². The molecule has 0 spiro atoms. The second-order valence-electron chi connectivity index (χ2n) is 7.55. The smallest absolute Gasteiger partial charge is 0.290 e. The molecule has 0 fully saturated rings. The Balaban J connectivity index is 1.57. The van der Waals surface area contributed by atoms with Gasteiger partial charge in [0, 0.05) is 35.7 Å². The van der Waals surface area contributed by atoms with Crippen LogP contribution in [0.25, 0.3) is 0 Å². The normalized spacial score (nSPS) is 16.4. The molecule has 2 amide bonds. The number of amides is 2. The summed E-state index contributed by atoms with van der Waals surface area (Å²) in [5.41, 5.74) is 1.80. The van der Waals surface area contributed by atoms with Crippen LogP contribution in [0.5, 0.6) is 11.5 Å². The van der Waals surface area contributed by atoms with Gasteiger partial charge in [-0.2, -0.15) is 0 Å². The van der Waals surface area contributed by atoms with Gasteiger partial charge in [0.2, 0.25) is 5.91 Å². The molecule has 7 nitrogen and oxygen atoms in total. The average Bonchev–Trinajstić information content (AvgIpc) is 3.32. The van der Waals surface area contributed by atoms with Gasteiger partial charge in [0.05, 0.1) is 7.11 Å². The summed E-state index contributed by atoms with van der Waals surface area (Å²) in [6.45, 7) is 4.44. The molecule has 0 bridgehead atoms. The van der Waals surface area contributed by atoms with Crippen molar-refractivity contribution in [2.75, 3.05) is 19.0 Å². The molecule has 152 valence electrons. The van der Waals surface area contributed by atoms with Crippen LogP contribution in [-0.2, 0) is 16.0 Å². The second kappa shape index (κ2) is 7.87. The number of hydrogen-bond acceptors (Lipinski definition) is 6. The predicted octanol–water partition coefficient (Wildman–Crippen LogP) is 3.24. The van der Waals surface area contributed by atoms with E-state index in [9.17, 15) is 9.59 Å². The summed E-state index contributed by atoms with van der Waals surface area (Å²) in [5.74, 6) is 1.48. The van der Waals surface area contributed by atoms with E-state index in [4.69, 9.17) is 9.47 Å². The van der Waals surface area contributed by atoms with Crippen molar-refractivity contribution < 1.29 is 19.1 Å². The minimum atomic E-state index is -0.592. The predicted molar refractivity (Wildman–Crippen MR) is 110 cm³/mol. The molecule has 1 aromatic heterocycles. The van der Waals surface area contributed by atoms with Crippen molar-refractivity contribution in [2.24, 2.45) is 5.92 Å². The Labute approximate surface area is 173 Å². The van der Waals surface area contributed by atoms with E-state index in [-0.39, 0.29) is 17.7 Å². The summed E-state index contributed by atoms with van der Waals surface area (Å²) in [7, 11) is 1.62. The number of benzene rings is 1. The number of nitrogens with zero attached hydrogens (tertiary/aromatic N) is 2. The van der Waals surface area contributed by atoms with E-state index in [2.05, 4.69) is 10.3 Å². The largest absolute Gasteiger partial charge is 0.496 e. The number of methoxy groups -OCH3 is 1. The summed E-state index contributed by atoms with van der Waals surface area (Å²) >= 11 is 1.35.